The summed E-state index contributed by atoms with van der Waals surface area (Å²) in [7, 11) is -3.56. The molecule has 1 saturated carbocycles. The number of fused-ring (bicyclic) bond motifs is 3. The van der Waals surface area contributed by atoms with Crippen molar-refractivity contribution >= 4 is 21.3 Å². The first kappa shape index (κ1) is 21.9. The van der Waals surface area contributed by atoms with Gasteiger partial charge in [0.15, 0.2) is 15.5 Å². The molecule has 4 aromatic rings. The Hall–Kier alpha value is -3.30. The molecule has 3 aromatic heterocycles. The molecule has 8 nitrogen and oxygen atoms in total. The smallest absolute Gasteiger partial charge is 0.186 e. The van der Waals surface area contributed by atoms with E-state index in [0.29, 0.717) is 36.3 Å². The predicted molar refractivity (Wildman–Crippen MR) is 138 cm³/mol. The molecule has 3 N–H and O–H groups in total. The standard InChI is InChI=1S/C27H28N6O2S/c28-26-25(36(34,35)21-9-10-21)24(18-12-19-7-8-20(13-18)31-19)32-27-22(15-30-33(26)27)17-6-11-23(29-14-17)16-4-2-1-3-5-16/h1-6,11,14-15,18-21,31H,7-10,12-13,28H2. The molecule has 1 aromatic carbocycles. The molecule has 2 atom stereocenters. The van der Waals surface area contributed by atoms with E-state index in [9.17, 15) is 8.42 Å². The van der Waals surface area contributed by atoms with E-state index < -0.39 is 9.84 Å². The summed E-state index contributed by atoms with van der Waals surface area (Å²) >= 11 is 0. The van der Waals surface area contributed by atoms with Crippen molar-refractivity contribution in [1.29, 1.82) is 0 Å². The van der Waals surface area contributed by atoms with Gasteiger partial charge in [-0.05, 0) is 44.6 Å². The number of pyridine rings is 1. The van der Waals surface area contributed by atoms with Crippen molar-refractivity contribution in [1.82, 2.24) is 24.9 Å². The van der Waals surface area contributed by atoms with Crippen LogP contribution in [0.4, 0.5) is 5.82 Å². The number of rotatable bonds is 5. The number of anilines is 1. The van der Waals surface area contributed by atoms with Crippen molar-refractivity contribution in [3.8, 4) is 22.4 Å². The third-order valence-electron chi connectivity index (χ3n) is 7.92. The van der Waals surface area contributed by atoms with E-state index in [2.05, 4.69) is 15.4 Å². The Morgan fingerprint density at radius 1 is 0.917 bits per heavy atom. The fourth-order valence-electron chi connectivity index (χ4n) is 5.95. The number of aromatic nitrogens is 4. The van der Waals surface area contributed by atoms with Crippen LogP contribution in [0.1, 0.15) is 50.1 Å². The van der Waals surface area contributed by atoms with E-state index in [1.807, 2.05) is 48.7 Å². The van der Waals surface area contributed by atoms with Gasteiger partial charge in [0.25, 0.3) is 0 Å². The molecule has 0 spiro atoms. The summed E-state index contributed by atoms with van der Waals surface area (Å²) in [6, 6.07) is 14.8. The molecular formula is C27H28N6O2S. The van der Waals surface area contributed by atoms with Crippen molar-refractivity contribution in [3.63, 3.8) is 0 Å². The average Bonchev–Trinajstić information content (AvgIpc) is 3.60. The van der Waals surface area contributed by atoms with Gasteiger partial charge in [-0.3, -0.25) is 4.98 Å². The molecule has 2 aliphatic heterocycles. The minimum Gasteiger partial charge on any atom is -0.382 e. The molecule has 184 valence electrons. The van der Waals surface area contributed by atoms with Crippen molar-refractivity contribution in [2.45, 2.75) is 66.7 Å². The Morgan fingerprint density at radius 3 is 2.33 bits per heavy atom. The predicted octanol–water partition coefficient (Wildman–Crippen LogP) is 3.97. The minimum atomic E-state index is -3.56. The SMILES string of the molecule is Nc1c(S(=O)(=O)C2CC2)c(C2CC3CCC(C2)N3)nc2c(-c3ccc(-c4ccccc4)nc3)cnn12. The second kappa shape index (κ2) is 8.11. The third kappa shape index (κ3) is 3.52. The van der Waals surface area contributed by atoms with Gasteiger partial charge in [0.1, 0.15) is 10.7 Å². The lowest BCUT2D eigenvalue weighted by Crippen LogP contribution is -2.38. The molecule has 5 heterocycles. The lowest BCUT2D eigenvalue weighted by molar-refractivity contribution is 0.355. The van der Waals surface area contributed by atoms with E-state index in [0.717, 1.165) is 48.1 Å². The van der Waals surface area contributed by atoms with Crippen molar-refractivity contribution in [3.05, 3.63) is 60.6 Å². The summed E-state index contributed by atoms with van der Waals surface area (Å²) in [5, 5.41) is 7.77. The van der Waals surface area contributed by atoms with Gasteiger partial charge in [-0.2, -0.15) is 9.61 Å². The number of benzene rings is 1. The van der Waals surface area contributed by atoms with Crippen molar-refractivity contribution in [2.75, 3.05) is 5.73 Å². The number of hydrogen-bond donors (Lipinski definition) is 2. The van der Waals surface area contributed by atoms with Crippen LogP contribution >= 0.6 is 0 Å². The summed E-state index contributed by atoms with van der Waals surface area (Å²) in [6.45, 7) is 0. The fourth-order valence-corrected chi connectivity index (χ4v) is 7.92. The number of nitrogens with one attached hydrogen (secondary N) is 1. The van der Waals surface area contributed by atoms with Crippen LogP contribution in [0.15, 0.2) is 59.8 Å². The highest BCUT2D eigenvalue weighted by Gasteiger charge is 2.44. The lowest BCUT2D eigenvalue weighted by atomic mass is 9.89. The first-order valence-corrected chi connectivity index (χ1v) is 14.2. The van der Waals surface area contributed by atoms with E-state index >= 15 is 0 Å². The quantitative estimate of drug-likeness (QED) is 0.426. The highest BCUT2D eigenvalue weighted by atomic mass is 32.2. The maximum absolute atomic E-state index is 13.6. The topological polar surface area (TPSA) is 115 Å². The van der Waals surface area contributed by atoms with Crippen LogP contribution in [0.5, 0.6) is 0 Å². The molecule has 2 saturated heterocycles. The number of nitrogen functional groups attached to an aromatic ring is 1. The fraction of sp³-hybridized carbons (Fsp3) is 0.370. The van der Waals surface area contributed by atoms with Gasteiger partial charge in [-0.15, -0.1) is 0 Å². The molecule has 36 heavy (non-hydrogen) atoms. The molecule has 7 rings (SSSR count). The molecule has 1 aliphatic carbocycles. The summed E-state index contributed by atoms with van der Waals surface area (Å²) in [5.74, 6) is 0.230. The summed E-state index contributed by atoms with van der Waals surface area (Å²) < 4.78 is 28.6. The maximum atomic E-state index is 13.6. The highest BCUT2D eigenvalue weighted by Crippen LogP contribution is 2.44. The van der Waals surface area contributed by atoms with E-state index in [1.54, 1.807) is 6.20 Å². The van der Waals surface area contributed by atoms with Crippen LogP contribution in [-0.4, -0.2) is 45.3 Å². The van der Waals surface area contributed by atoms with Crippen LogP contribution in [0.3, 0.4) is 0 Å². The zero-order valence-electron chi connectivity index (χ0n) is 19.8. The molecule has 0 amide bonds. The number of nitrogens with two attached hydrogens (primary N) is 1. The van der Waals surface area contributed by atoms with Crippen molar-refractivity contribution < 1.29 is 8.42 Å². The first-order chi connectivity index (χ1) is 17.5. The van der Waals surface area contributed by atoms with Gasteiger partial charge in [-0.1, -0.05) is 36.4 Å². The molecule has 0 radical (unpaired) electrons. The second-order valence-electron chi connectivity index (χ2n) is 10.4. The van der Waals surface area contributed by atoms with Gasteiger partial charge in [0.2, 0.25) is 0 Å². The third-order valence-corrected chi connectivity index (χ3v) is 10.3. The Balaban J connectivity index is 1.37. The highest BCUT2D eigenvalue weighted by molar-refractivity contribution is 7.92. The zero-order valence-corrected chi connectivity index (χ0v) is 20.7. The van der Waals surface area contributed by atoms with Crippen LogP contribution in [0.25, 0.3) is 28.0 Å². The average molecular weight is 501 g/mol. The van der Waals surface area contributed by atoms with Gasteiger partial charge >= 0.3 is 0 Å². The lowest BCUT2D eigenvalue weighted by Gasteiger charge is -2.30. The molecule has 3 fully saturated rings. The van der Waals surface area contributed by atoms with Crippen LogP contribution in [-0.2, 0) is 9.84 Å². The monoisotopic (exact) mass is 500 g/mol. The Labute approximate surface area is 209 Å². The Bertz CT molecular complexity index is 1550. The summed E-state index contributed by atoms with van der Waals surface area (Å²) in [4.78, 5) is 9.90. The number of hydrogen-bond acceptors (Lipinski definition) is 7. The molecular weight excluding hydrogens is 472 g/mol. The van der Waals surface area contributed by atoms with Crippen LogP contribution in [0, 0.1) is 0 Å². The molecule has 2 bridgehead atoms. The van der Waals surface area contributed by atoms with Crippen molar-refractivity contribution in [2.24, 2.45) is 0 Å². The Kier molecular flexibility index (Phi) is 4.94. The van der Waals surface area contributed by atoms with Gasteiger partial charge < -0.3 is 11.1 Å². The normalized spacial score (nSPS) is 23.8. The summed E-state index contributed by atoms with van der Waals surface area (Å²) in [6.07, 6.45) is 8.90. The number of nitrogens with zero attached hydrogens (tertiary/aromatic N) is 4. The van der Waals surface area contributed by atoms with Gasteiger partial charge in [-0.25, -0.2) is 13.4 Å². The molecule has 3 aliphatic rings. The Morgan fingerprint density at radius 2 is 1.67 bits per heavy atom. The van der Waals surface area contributed by atoms with Crippen LogP contribution < -0.4 is 11.1 Å². The first-order valence-electron chi connectivity index (χ1n) is 12.7. The maximum Gasteiger partial charge on any atom is 0.186 e. The second-order valence-corrected chi connectivity index (χ2v) is 12.5. The molecule has 2 unspecified atom stereocenters. The minimum absolute atomic E-state index is 0.0564. The van der Waals surface area contributed by atoms with Crippen LogP contribution in [0.2, 0.25) is 0 Å². The zero-order chi connectivity index (χ0) is 24.4. The van der Waals surface area contributed by atoms with E-state index in [-0.39, 0.29) is 21.9 Å². The van der Waals surface area contributed by atoms with Gasteiger partial charge in [0, 0.05) is 40.9 Å². The number of piperidine rings is 1. The van der Waals surface area contributed by atoms with E-state index in [1.165, 1.54) is 4.52 Å². The molecule has 9 heteroatoms. The number of sulfone groups is 1. The summed E-state index contributed by atoms with van der Waals surface area (Å²) in [5.41, 5.74) is 11.4. The van der Waals surface area contributed by atoms with Gasteiger partial charge in [0.05, 0.1) is 22.8 Å². The largest absolute Gasteiger partial charge is 0.382 e. The van der Waals surface area contributed by atoms with E-state index in [4.69, 9.17) is 10.7 Å².